The third-order valence-corrected chi connectivity index (χ3v) is 3.51. The monoisotopic (exact) mass is 273 g/mol. The molecule has 0 aliphatic carbocycles. The smallest absolute Gasteiger partial charge is 0.285 e. The van der Waals surface area contributed by atoms with Crippen LogP contribution in [0, 0.1) is 0 Å². The summed E-state index contributed by atoms with van der Waals surface area (Å²) in [6, 6.07) is 0. The van der Waals surface area contributed by atoms with Gasteiger partial charge in [-0.2, -0.15) is 0 Å². The van der Waals surface area contributed by atoms with Crippen LogP contribution < -0.4 is 0 Å². The zero-order chi connectivity index (χ0) is 12.3. The van der Waals surface area contributed by atoms with E-state index >= 15 is 0 Å². The van der Waals surface area contributed by atoms with E-state index in [0.29, 0.717) is 29.2 Å². The Hall–Kier alpha value is -0.980. The maximum Gasteiger partial charge on any atom is 0.285 e. The summed E-state index contributed by atoms with van der Waals surface area (Å²) < 4.78 is 5.35. The van der Waals surface area contributed by atoms with Crippen LogP contribution in [0.3, 0.4) is 0 Å². The van der Waals surface area contributed by atoms with Crippen LogP contribution in [0.5, 0.6) is 0 Å². The van der Waals surface area contributed by atoms with Crippen molar-refractivity contribution >= 4 is 28.8 Å². The fraction of sp³-hybridized carbons (Fsp3) is 0.500. The Morgan fingerprint density at radius 3 is 3.00 bits per heavy atom. The Labute approximate surface area is 108 Å². The number of amides is 1. The number of hydrogen-bond donors (Lipinski definition) is 0. The van der Waals surface area contributed by atoms with Crippen molar-refractivity contribution in [2.75, 3.05) is 26.8 Å². The summed E-state index contributed by atoms with van der Waals surface area (Å²) >= 11 is 6.76. The fourth-order valence-electron chi connectivity index (χ4n) is 1.64. The Bertz CT molecular complexity index is 447. The highest BCUT2D eigenvalue weighted by Crippen LogP contribution is 2.19. The van der Waals surface area contributed by atoms with Crippen LogP contribution in [0.2, 0.25) is 4.47 Å². The number of methoxy groups -OCH3 is 1. The van der Waals surface area contributed by atoms with Crippen LogP contribution in [0.25, 0.3) is 0 Å². The highest BCUT2D eigenvalue weighted by molar-refractivity contribution is 7.17. The van der Waals surface area contributed by atoms with Crippen LogP contribution in [-0.2, 0) is 4.74 Å². The average molecular weight is 274 g/mol. The normalized spacial score (nSPS) is 15.9. The molecule has 0 atom stereocenters. The summed E-state index contributed by atoms with van der Waals surface area (Å²) in [7, 11) is 1.67. The van der Waals surface area contributed by atoms with Crippen LogP contribution >= 0.6 is 22.9 Å². The molecule has 2 heterocycles. The minimum atomic E-state index is -0.109. The molecule has 1 aliphatic rings. The largest absolute Gasteiger partial charge is 0.380 e. The standard InChI is InChI=1S/C10H12ClN3O2S/c1-16-6-7-2-4-14(5-3-7)9(15)8-12-13-10(11)17-8/h2H,3-6H2,1H3. The van der Waals surface area contributed by atoms with Crippen LogP contribution in [-0.4, -0.2) is 47.8 Å². The third kappa shape index (κ3) is 3.02. The van der Waals surface area contributed by atoms with Gasteiger partial charge in [-0.05, 0) is 23.6 Å². The van der Waals surface area contributed by atoms with E-state index in [0.717, 1.165) is 17.8 Å². The molecule has 0 aromatic carbocycles. The van der Waals surface area contributed by atoms with Crippen molar-refractivity contribution in [3.8, 4) is 0 Å². The lowest BCUT2D eigenvalue weighted by Crippen LogP contribution is -2.35. The van der Waals surface area contributed by atoms with Gasteiger partial charge in [-0.25, -0.2) is 0 Å². The minimum absolute atomic E-state index is 0.109. The van der Waals surface area contributed by atoms with E-state index in [1.54, 1.807) is 12.0 Å². The highest BCUT2D eigenvalue weighted by Gasteiger charge is 2.21. The molecule has 92 valence electrons. The van der Waals surface area contributed by atoms with E-state index < -0.39 is 0 Å². The molecule has 1 amide bonds. The van der Waals surface area contributed by atoms with E-state index in [-0.39, 0.29) is 5.91 Å². The van der Waals surface area contributed by atoms with Gasteiger partial charge in [-0.1, -0.05) is 17.4 Å². The Morgan fingerprint density at radius 1 is 1.65 bits per heavy atom. The summed E-state index contributed by atoms with van der Waals surface area (Å²) in [5.41, 5.74) is 1.23. The maximum atomic E-state index is 12.0. The second-order valence-corrected chi connectivity index (χ2v) is 5.22. The first-order valence-corrected chi connectivity index (χ1v) is 6.35. The molecule has 0 saturated carbocycles. The lowest BCUT2D eigenvalue weighted by atomic mass is 10.1. The molecule has 7 heteroatoms. The number of halogens is 1. The number of ether oxygens (including phenoxy) is 1. The number of rotatable bonds is 3. The van der Waals surface area contributed by atoms with Gasteiger partial charge in [-0.3, -0.25) is 4.79 Å². The minimum Gasteiger partial charge on any atom is -0.380 e. The Kier molecular flexibility index (Phi) is 4.09. The second-order valence-electron chi connectivity index (χ2n) is 3.66. The zero-order valence-electron chi connectivity index (χ0n) is 9.35. The molecule has 1 aliphatic heterocycles. The van der Waals surface area contributed by atoms with Gasteiger partial charge in [0.05, 0.1) is 6.61 Å². The SMILES string of the molecule is COCC1=CCN(C(=O)c2nnc(Cl)s2)CC1. The highest BCUT2D eigenvalue weighted by atomic mass is 35.5. The van der Waals surface area contributed by atoms with E-state index in [1.165, 1.54) is 5.57 Å². The molecule has 0 N–H and O–H groups in total. The second kappa shape index (κ2) is 5.57. The zero-order valence-corrected chi connectivity index (χ0v) is 10.9. The summed E-state index contributed by atoms with van der Waals surface area (Å²) in [6.45, 7) is 1.91. The fourth-order valence-corrected chi connectivity index (χ4v) is 2.44. The van der Waals surface area contributed by atoms with Crippen molar-refractivity contribution in [3.63, 3.8) is 0 Å². The van der Waals surface area contributed by atoms with Crippen molar-refractivity contribution in [2.24, 2.45) is 0 Å². The molecule has 1 aromatic rings. The lowest BCUT2D eigenvalue weighted by molar-refractivity contribution is 0.0763. The first kappa shape index (κ1) is 12.5. The van der Waals surface area contributed by atoms with Gasteiger partial charge in [-0.15, -0.1) is 10.2 Å². The number of nitrogens with zero attached hydrogens (tertiary/aromatic N) is 3. The van der Waals surface area contributed by atoms with E-state index in [2.05, 4.69) is 10.2 Å². The molecule has 0 radical (unpaired) electrons. The molecule has 2 rings (SSSR count). The van der Waals surface area contributed by atoms with Crippen molar-refractivity contribution in [1.82, 2.24) is 15.1 Å². The third-order valence-electron chi connectivity index (χ3n) is 2.50. The summed E-state index contributed by atoms with van der Waals surface area (Å²) in [5, 5.41) is 7.72. The van der Waals surface area contributed by atoms with Gasteiger partial charge in [0.2, 0.25) is 9.47 Å². The van der Waals surface area contributed by atoms with Crippen molar-refractivity contribution in [3.05, 3.63) is 21.1 Å². The summed E-state index contributed by atoms with van der Waals surface area (Å²) in [6.07, 6.45) is 2.86. The van der Waals surface area contributed by atoms with Gasteiger partial charge in [0.25, 0.3) is 5.91 Å². The first-order valence-electron chi connectivity index (χ1n) is 5.16. The van der Waals surface area contributed by atoms with Gasteiger partial charge in [0.15, 0.2) is 0 Å². The van der Waals surface area contributed by atoms with Gasteiger partial charge >= 0.3 is 0 Å². The predicted molar refractivity (Wildman–Crippen MR) is 65.4 cm³/mol. The summed E-state index contributed by atoms with van der Waals surface area (Å²) in [5.74, 6) is -0.109. The van der Waals surface area contributed by atoms with Crippen molar-refractivity contribution in [1.29, 1.82) is 0 Å². The molecule has 5 nitrogen and oxygen atoms in total. The molecule has 0 unspecified atom stereocenters. The van der Waals surface area contributed by atoms with Crippen LogP contribution in [0.4, 0.5) is 0 Å². The number of hydrogen-bond acceptors (Lipinski definition) is 5. The van der Waals surface area contributed by atoms with Gasteiger partial charge in [0, 0.05) is 20.2 Å². The number of carbonyl (C=O) groups is 1. The lowest BCUT2D eigenvalue weighted by Gasteiger charge is -2.25. The molecule has 0 saturated heterocycles. The topological polar surface area (TPSA) is 55.3 Å². The quantitative estimate of drug-likeness (QED) is 0.785. The van der Waals surface area contributed by atoms with Gasteiger partial charge in [0.1, 0.15) is 0 Å². The maximum absolute atomic E-state index is 12.0. The number of carbonyl (C=O) groups excluding carboxylic acids is 1. The molecule has 0 bridgehead atoms. The predicted octanol–water partition coefficient (Wildman–Crippen LogP) is 1.61. The number of aromatic nitrogens is 2. The molecule has 0 spiro atoms. The van der Waals surface area contributed by atoms with Crippen molar-refractivity contribution in [2.45, 2.75) is 6.42 Å². The summed E-state index contributed by atoms with van der Waals surface area (Å²) in [4.78, 5) is 13.7. The molecule has 0 fully saturated rings. The van der Waals surface area contributed by atoms with E-state index in [9.17, 15) is 4.79 Å². The van der Waals surface area contributed by atoms with Gasteiger partial charge < -0.3 is 9.64 Å². The first-order chi connectivity index (χ1) is 8.20. The van der Waals surface area contributed by atoms with E-state index in [4.69, 9.17) is 16.3 Å². The molecular formula is C10H12ClN3O2S. The van der Waals surface area contributed by atoms with E-state index in [1.807, 2.05) is 6.08 Å². The van der Waals surface area contributed by atoms with Crippen molar-refractivity contribution < 1.29 is 9.53 Å². The Balaban J connectivity index is 1.99. The van der Waals surface area contributed by atoms with Crippen LogP contribution in [0.1, 0.15) is 16.2 Å². The Morgan fingerprint density at radius 2 is 2.47 bits per heavy atom. The van der Waals surface area contributed by atoms with Crippen LogP contribution in [0.15, 0.2) is 11.6 Å². The molecule has 17 heavy (non-hydrogen) atoms. The molecule has 1 aromatic heterocycles. The average Bonchev–Trinajstić information content (AvgIpc) is 2.76. The molecular weight excluding hydrogens is 262 g/mol.